The number of hydrazone groups is 1. The fourth-order valence-corrected chi connectivity index (χ4v) is 1.03. The molecule has 0 unspecified atom stereocenters. The van der Waals surface area contributed by atoms with Crippen molar-refractivity contribution in [1.29, 1.82) is 0 Å². The molecular weight excluding hydrogens is 264 g/mol. The van der Waals surface area contributed by atoms with Crippen LogP contribution in [-0.4, -0.2) is 33.3 Å². The maximum Gasteiger partial charge on any atom is 0.343 e. The summed E-state index contributed by atoms with van der Waals surface area (Å²) in [5, 5.41) is 14.3. The number of aromatic nitrogens is 2. The van der Waals surface area contributed by atoms with E-state index in [4.69, 9.17) is 11.5 Å². The van der Waals surface area contributed by atoms with E-state index >= 15 is 0 Å². The molecule has 0 spiro atoms. The Kier molecular flexibility index (Phi) is 5.56. The van der Waals surface area contributed by atoms with E-state index in [1.54, 1.807) is 0 Å². The minimum Gasteiger partial charge on any atom is -0.377 e. The van der Waals surface area contributed by atoms with Crippen LogP contribution in [-0.2, 0) is 7.05 Å². The molecular formula is C7H13ClN8O2. The van der Waals surface area contributed by atoms with Crippen LogP contribution in [0.25, 0.3) is 0 Å². The highest BCUT2D eigenvalue weighted by atomic mass is 35.5. The number of imidazole rings is 1. The van der Waals surface area contributed by atoms with Crippen LogP contribution in [0.3, 0.4) is 0 Å². The topological polar surface area (TPSA) is 150 Å². The summed E-state index contributed by atoms with van der Waals surface area (Å²) in [5.41, 5.74) is 13.3. The van der Waals surface area contributed by atoms with Gasteiger partial charge in [-0.3, -0.25) is 4.99 Å². The van der Waals surface area contributed by atoms with E-state index in [1.165, 1.54) is 18.7 Å². The van der Waals surface area contributed by atoms with Crippen LogP contribution in [0.4, 0.5) is 5.82 Å². The van der Waals surface area contributed by atoms with E-state index in [0.29, 0.717) is 0 Å². The Morgan fingerprint density at radius 1 is 1.61 bits per heavy atom. The SMILES string of the molecule is CN=C(N)NN=C(N)c1ncc([N+](=O)[O-])n1C.Cl. The first-order valence-corrected chi connectivity index (χ1v) is 4.45. The van der Waals surface area contributed by atoms with Crippen molar-refractivity contribution in [3.63, 3.8) is 0 Å². The molecule has 1 aromatic heterocycles. The normalized spacial score (nSPS) is 11.9. The number of halogens is 1. The van der Waals surface area contributed by atoms with Gasteiger partial charge in [0.1, 0.15) is 6.20 Å². The van der Waals surface area contributed by atoms with Crippen LogP contribution >= 0.6 is 12.4 Å². The largest absolute Gasteiger partial charge is 0.377 e. The molecule has 0 fully saturated rings. The van der Waals surface area contributed by atoms with Gasteiger partial charge in [0, 0.05) is 7.05 Å². The minimum absolute atomic E-state index is 0. The standard InChI is InChI=1S/C7H12N8O2.ClH/c1-10-7(9)13-12-5(8)6-11-3-4(14(6)2)15(16)17;/h3H,1-2H3,(H2,8,12)(H3,9,10,13);1H. The molecule has 0 bridgehead atoms. The number of hydrogen-bond donors (Lipinski definition) is 3. The van der Waals surface area contributed by atoms with Gasteiger partial charge in [0.15, 0.2) is 0 Å². The second kappa shape index (κ2) is 6.39. The van der Waals surface area contributed by atoms with Gasteiger partial charge in [-0.2, -0.15) is 0 Å². The quantitative estimate of drug-likeness (QED) is 0.276. The van der Waals surface area contributed by atoms with Crippen molar-refractivity contribution in [2.45, 2.75) is 0 Å². The van der Waals surface area contributed by atoms with Crippen molar-refractivity contribution in [3.8, 4) is 0 Å². The first kappa shape index (κ1) is 15.6. The molecule has 0 aliphatic rings. The zero-order chi connectivity index (χ0) is 13.0. The third kappa shape index (κ3) is 3.31. The van der Waals surface area contributed by atoms with E-state index in [2.05, 4.69) is 20.5 Å². The van der Waals surface area contributed by atoms with Crippen molar-refractivity contribution in [2.75, 3.05) is 7.05 Å². The van der Waals surface area contributed by atoms with Gasteiger partial charge in [0.2, 0.25) is 11.8 Å². The summed E-state index contributed by atoms with van der Waals surface area (Å²) in [4.78, 5) is 17.4. The number of hydrogen-bond acceptors (Lipinski definition) is 5. The highest BCUT2D eigenvalue weighted by molar-refractivity contribution is 5.95. The molecule has 1 aromatic rings. The maximum atomic E-state index is 10.6. The molecule has 0 aliphatic heterocycles. The average Bonchev–Trinajstić information content (AvgIpc) is 2.67. The van der Waals surface area contributed by atoms with Gasteiger partial charge in [-0.05, 0) is 4.92 Å². The molecule has 10 nitrogen and oxygen atoms in total. The minimum atomic E-state index is -0.570. The van der Waals surface area contributed by atoms with Gasteiger partial charge in [-0.15, -0.1) is 17.5 Å². The van der Waals surface area contributed by atoms with E-state index in [-0.39, 0.29) is 35.8 Å². The van der Waals surface area contributed by atoms with Crippen molar-refractivity contribution < 1.29 is 4.92 Å². The van der Waals surface area contributed by atoms with Crippen LogP contribution in [0, 0.1) is 10.1 Å². The summed E-state index contributed by atoms with van der Waals surface area (Å²) >= 11 is 0. The number of amidine groups is 1. The van der Waals surface area contributed by atoms with Gasteiger partial charge in [0.25, 0.3) is 5.82 Å². The highest BCUT2D eigenvalue weighted by Gasteiger charge is 2.19. The Morgan fingerprint density at radius 2 is 2.22 bits per heavy atom. The fraction of sp³-hybridized carbons (Fsp3) is 0.286. The van der Waals surface area contributed by atoms with Crippen molar-refractivity contribution in [3.05, 3.63) is 22.1 Å². The number of rotatable bonds is 3. The Balaban J connectivity index is 0.00000289. The molecule has 0 aromatic carbocycles. The molecule has 0 saturated heterocycles. The number of nitrogens with zero attached hydrogens (tertiary/aromatic N) is 5. The molecule has 0 amide bonds. The van der Waals surface area contributed by atoms with Gasteiger partial charge < -0.3 is 21.6 Å². The van der Waals surface area contributed by atoms with Gasteiger partial charge in [-0.1, -0.05) is 0 Å². The number of nitrogens with two attached hydrogens (primary N) is 2. The van der Waals surface area contributed by atoms with E-state index < -0.39 is 4.92 Å². The van der Waals surface area contributed by atoms with Crippen LogP contribution in [0.2, 0.25) is 0 Å². The Hall–Kier alpha value is -2.36. The summed E-state index contributed by atoms with van der Waals surface area (Å²) < 4.78 is 1.21. The molecule has 0 saturated carbocycles. The van der Waals surface area contributed by atoms with Crippen molar-refractivity contribution in [1.82, 2.24) is 15.0 Å². The van der Waals surface area contributed by atoms with Crippen molar-refractivity contribution in [2.24, 2.45) is 28.6 Å². The molecule has 0 radical (unpaired) electrons. The number of nitro groups is 1. The van der Waals surface area contributed by atoms with Crippen LogP contribution < -0.4 is 16.9 Å². The molecule has 18 heavy (non-hydrogen) atoms. The summed E-state index contributed by atoms with van der Waals surface area (Å²) in [6, 6.07) is 0. The fourth-order valence-electron chi connectivity index (χ4n) is 1.03. The Labute approximate surface area is 108 Å². The zero-order valence-electron chi connectivity index (χ0n) is 9.69. The molecule has 1 rings (SSSR count). The Morgan fingerprint density at radius 3 is 2.67 bits per heavy atom. The van der Waals surface area contributed by atoms with Gasteiger partial charge in [-0.25, -0.2) is 15.0 Å². The lowest BCUT2D eigenvalue weighted by molar-refractivity contribution is -0.391. The predicted octanol–water partition coefficient (Wildman–Crippen LogP) is -1.10. The molecule has 1 heterocycles. The first-order valence-electron chi connectivity index (χ1n) is 4.45. The molecule has 5 N–H and O–H groups in total. The van der Waals surface area contributed by atoms with E-state index in [9.17, 15) is 10.1 Å². The molecule has 0 atom stereocenters. The van der Waals surface area contributed by atoms with E-state index in [1.807, 2.05) is 0 Å². The average molecular weight is 277 g/mol. The lowest BCUT2D eigenvalue weighted by Crippen LogP contribution is -2.31. The van der Waals surface area contributed by atoms with Crippen molar-refractivity contribution >= 4 is 30.0 Å². The first-order chi connectivity index (χ1) is 7.97. The summed E-state index contributed by atoms with van der Waals surface area (Å²) in [6.07, 6.45) is 1.09. The summed E-state index contributed by atoms with van der Waals surface area (Å²) in [6.45, 7) is 0. The van der Waals surface area contributed by atoms with Crippen LogP contribution in [0.15, 0.2) is 16.3 Å². The van der Waals surface area contributed by atoms with Gasteiger partial charge >= 0.3 is 5.82 Å². The number of guanidine groups is 1. The molecule has 100 valence electrons. The lowest BCUT2D eigenvalue weighted by Gasteiger charge is -2.00. The second-order valence-electron chi connectivity index (χ2n) is 2.97. The maximum absolute atomic E-state index is 10.6. The number of aliphatic imine (C=N–C) groups is 1. The van der Waals surface area contributed by atoms with E-state index in [0.717, 1.165) is 6.20 Å². The predicted molar refractivity (Wildman–Crippen MR) is 68.5 cm³/mol. The van der Waals surface area contributed by atoms with Gasteiger partial charge in [0.05, 0.1) is 7.05 Å². The second-order valence-corrected chi connectivity index (χ2v) is 2.97. The highest BCUT2D eigenvalue weighted by Crippen LogP contribution is 2.10. The monoisotopic (exact) mass is 276 g/mol. The van der Waals surface area contributed by atoms with Crippen LogP contribution in [0.1, 0.15) is 5.82 Å². The molecule has 11 heteroatoms. The summed E-state index contributed by atoms with van der Waals surface area (Å²) in [5.74, 6) is 0.00671. The lowest BCUT2D eigenvalue weighted by atomic mass is 10.5. The third-order valence-electron chi connectivity index (χ3n) is 1.91. The summed E-state index contributed by atoms with van der Waals surface area (Å²) in [7, 11) is 2.93. The Bertz CT molecular complexity index is 494. The smallest absolute Gasteiger partial charge is 0.343 e. The van der Waals surface area contributed by atoms with Crippen LogP contribution in [0.5, 0.6) is 0 Å². The third-order valence-corrected chi connectivity index (χ3v) is 1.91. The zero-order valence-corrected chi connectivity index (χ0v) is 10.5. The molecule has 0 aliphatic carbocycles. The number of nitrogens with one attached hydrogen (secondary N) is 1.